The van der Waals surface area contributed by atoms with Crippen molar-refractivity contribution in [3.8, 4) is 0 Å². The second-order valence-corrected chi connectivity index (χ2v) is 28.2. The summed E-state index contributed by atoms with van der Waals surface area (Å²) in [6.07, 6.45) is 2.03. The second-order valence-electron chi connectivity index (χ2n) is 28.2. The fraction of sp³-hybridized carbons (Fsp3) is 0.681. The van der Waals surface area contributed by atoms with Gasteiger partial charge in [-0.05, 0) is 113 Å². The van der Waals surface area contributed by atoms with E-state index in [2.05, 4.69) is 31.9 Å². The number of unbranched alkanes of at least 4 members (excludes halogenated alkanes) is 1. The number of ether oxygens (including phenoxy) is 3. The number of urea groups is 1. The maximum absolute atomic E-state index is 14.7. The lowest BCUT2D eigenvalue weighted by atomic mass is 9.80. The van der Waals surface area contributed by atoms with Gasteiger partial charge in [0.15, 0.2) is 0 Å². The molecule has 2 saturated heterocycles. The van der Waals surface area contributed by atoms with Crippen LogP contribution in [0.5, 0.6) is 0 Å². The van der Waals surface area contributed by atoms with Crippen LogP contribution in [0, 0.1) is 35.0 Å². The summed E-state index contributed by atoms with van der Waals surface area (Å²) in [7, 11) is 11.4. The second kappa shape index (κ2) is 39.8. The van der Waals surface area contributed by atoms with Crippen molar-refractivity contribution in [2.24, 2.45) is 40.7 Å². The quantitative estimate of drug-likeness (QED) is 0.0344. The number of hydrogen-bond donors (Lipinski definition) is 7. The van der Waals surface area contributed by atoms with E-state index in [1.807, 2.05) is 90.9 Å². The Morgan fingerprint density at radius 1 is 0.663 bits per heavy atom. The van der Waals surface area contributed by atoms with Crippen LogP contribution in [0.3, 0.4) is 0 Å². The molecule has 0 aromatic heterocycles. The molecule has 2 aromatic carbocycles. The zero-order valence-electron chi connectivity index (χ0n) is 61.3. The molecule has 2 aliphatic heterocycles. The first-order valence-electron chi connectivity index (χ1n) is 34.8. The molecule has 0 saturated carbocycles. The number of likely N-dealkylation sites (N-methyl/N-ethyl adjacent to an activating group) is 3. The molecule has 2 fully saturated rings. The van der Waals surface area contributed by atoms with E-state index in [-0.39, 0.29) is 98.5 Å². The molecule has 0 spiro atoms. The highest BCUT2D eigenvalue weighted by molar-refractivity contribution is 5.99. The molecule has 98 heavy (non-hydrogen) atoms. The lowest BCUT2D eigenvalue weighted by molar-refractivity contribution is -0.156. The van der Waals surface area contributed by atoms with Gasteiger partial charge in [0.1, 0.15) is 24.2 Å². The molecule has 2 heterocycles. The molecule has 0 aliphatic carbocycles. The third-order valence-corrected chi connectivity index (χ3v) is 19.4. The van der Waals surface area contributed by atoms with Crippen LogP contribution >= 0.6 is 0 Å². The summed E-state index contributed by atoms with van der Waals surface area (Å²) in [6, 6.07) is 9.91. The van der Waals surface area contributed by atoms with Gasteiger partial charge < -0.3 is 71.4 Å². The minimum Gasteiger partial charge on any atom is -0.469 e. The number of carbonyl (C=O) groups is 11. The van der Waals surface area contributed by atoms with E-state index in [1.165, 1.54) is 26.2 Å². The van der Waals surface area contributed by atoms with Crippen LogP contribution in [-0.4, -0.2) is 220 Å². The van der Waals surface area contributed by atoms with Gasteiger partial charge in [-0.3, -0.25) is 52.8 Å². The maximum Gasteiger partial charge on any atom is 0.312 e. The number of amides is 11. The number of nitrogens with one attached hydrogen (secondary N) is 6. The average molecular weight is 1370 g/mol. The Morgan fingerprint density at radius 3 is 1.84 bits per heavy atom. The van der Waals surface area contributed by atoms with Crippen molar-refractivity contribution in [1.82, 2.24) is 51.1 Å². The first kappa shape index (κ1) is 82.7. The Balaban J connectivity index is 1.46. The van der Waals surface area contributed by atoms with E-state index < -0.39 is 101 Å². The van der Waals surface area contributed by atoms with Crippen molar-refractivity contribution in [1.29, 1.82) is 0 Å². The number of hydrogen-bond acceptors (Lipinski definition) is 15. The molecule has 4 rings (SSSR count). The molecule has 0 bridgehead atoms. The van der Waals surface area contributed by atoms with Crippen molar-refractivity contribution in [3.05, 3.63) is 65.7 Å². The molecular weight excluding hydrogens is 1260 g/mol. The molecule has 0 unspecified atom stereocenters. The number of nitrogens with zero attached hydrogens (tertiary/aromatic N) is 5. The Kier molecular flexibility index (Phi) is 33.6. The number of primary amides is 1. The first-order valence-corrected chi connectivity index (χ1v) is 34.8. The lowest BCUT2D eigenvalue weighted by Gasteiger charge is -2.41. The zero-order chi connectivity index (χ0) is 73.3. The number of anilines is 1. The van der Waals surface area contributed by atoms with Gasteiger partial charge in [-0.25, -0.2) is 4.79 Å². The van der Waals surface area contributed by atoms with Crippen LogP contribution in [-0.2, 0) is 75.1 Å². The number of rotatable bonds is 38. The Hall–Kier alpha value is -7.71. The Labute approximate surface area is 581 Å². The molecule has 8 N–H and O–H groups in total. The van der Waals surface area contributed by atoms with Crippen LogP contribution < -0.4 is 37.6 Å². The number of carbonyl (C=O) groups excluding carboxylic acids is 11. The van der Waals surface area contributed by atoms with Crippen molar-refractivity contribution in [2.75, 3.05) is 81.0 Å². The fourth-order valence-electron chi connectivity index (χ4n) is 13.4. The summed E-state index contributed by atoms with van der Waals surface area (Å²) in [6.45, 7) is 20.2. The normalized spacial score (nSPS) is 17.6. The summed E-state index contributed by atoms with van der Waals surface area (Å²) < 4.78 is 17.2. The third-order valence-electron chi connectivity index (χ3n) is 19.4. The molecule has 26 heteroatoms. The van der Waals surface area contributed by atoms with Gasteiger partial charge in [0, 0.05) is 86.0 Å². The number of methoxy groups -OCH3 is 3. The molecule has 2 aromatic rings. The number of benzene rings is 2. The monoisotopic (exact) mass is 1370 g/mol. The maximum atomic E-state index is 14.7. The van der Waals surface area contributed by atoms with E-state index in [4.69, 9.17) is 19.9 Å². The summed E-state index contributed by atoms with van der Waals surface area (Å²) in [4.78, 5) is 159. The molecular formula is C72H116N12O14. The smallest absolute Gasteiger partial charge is 0.312 e. The standard InChI is InChI=1S/C72H116N12O14/c1-18-47(8)62(82(14)69(93)60(45(4)5)79-67(91)61(46(6)7)80(11)12)55(96-15)42-58(87)84-38-24-28-54(84)63(97-16)48(9)64(88)77-53(41-49-25-20-19-21-26-49)68(92)81(13)43-50-29-31-51(32-30-50)75-65(89)52(27-22-23-37-74-71(73)95)76-66(90)59(44(2)3)78-56(85)33-34-57(86)83-39-35-72(10,36-40-83)70(94)98-17/h19-21,25-26,29-32,44-48,52-55,59-63H,18,22-24,27-28,33-43H2,1-17H3,(H,75,89)(H,76,90)(H,77,88)(H,78,85)(H,79,91)(H3,73,74,95)/t47-,48+,52-,53-,54-,55+,59-,60-,61-,62-,63+/m0/s1. The van der Waals surface area contributed by atoms with Gasteiger partial charge in [0.25, 0.3) is 0 Å². The average Bonchev–Trinajstić information content (AvgIpc) is 1.62. The Morgan fingerprint density at radius 2 is 1.29 bits per heavy atom. The van der Waals surface area contributed by atoms with Gasteiger partial charge in [-0.15, -0.1) is 0 Å². The number of esters is 1. The third kappa shape index (κ3) is 24.0. The topological polar surface area (TPSA) is 330 Å². The van der Waals surface area contributed by atoms with Crippen LogP contribution in [0.4, 0.5) is 10.5 Å². The number of piperidine rings is 1. The van der Waals surface area contributed by atoms with Gasteiger partial charge in [0.05, 0.1) is 55.2 Å². The molecule has 2 aliphatic rings. The van der Waals surface area contributed by atoms with E-state index in [0.717, 1.165) is 5.56 Å². The fourth-order valence-corrected chi connectivity index (χ4v) is 13.4. The van der Waals surface area contributed by atoms with Crippen molar-refractivity contribution in [2.45, 2.75) is 207 Å². The highest BCUT2D eigenvalue weighted by Gasteiger charge is 2.45. The van der Waals surface area contributed by atoms with Gasteiger partial charge in [-0.2, -0.15) is 0 Å². The first-order chi connectivity index (χ1) is 46.2. The molecule has 26 nitrogen and oxygen atoms in total. The van der Waals surface area contributed by atoms with Crippen LogP contribution in [0.2, 0.25) is 0 Å². The highest BCUT2D eigenvalue weighted by Crippen LogP contribution is 2.33. The van der Waals surface area contributed by atoms with Gasteiger partial charge >= 0.3 is 12.0 Å². The van der Waals surface area contributed by atoms with E-state index in [0.29, 0.717) is 75.8 Å². The number of likely N-dealkylation sites (tertiary alicyclic amines) is 2. The predicted octanol–water partition coefficient (Wildman–Crippen LogP) is 5.00. The van der Waals surface area contributed by atoms with Crippen LogP contribution in [0.25, 0.3) is 0 Å². The SMILES string of the molecule is CC[C@H](C)[C@@H]([C@@H](CC(=O)N1CCC[C@H]1[C@H](OC)[C@@H](C)C(=O)N[C@@H](Cc1ccccc1)C(=O)N(C)Cc1ccc(NC(=O)[C@H](CCCCNC(N)=O)NC(=O)[C@@H](NC(=O)CCC(=O)N2CCC(C)(C(=O)OC)CC2)C(C)C)cc1)OC)N(C)C(=O)[C@@H](NC(=O)[C@H](C(C)C)N(C)C)C(C)C. The minimum absolute atomic E-state index is 0.00707. The lowest BCUT2D eigenvalue weighted by Crippen LogP contribution is -2.59. The largest absolute Gasteiger partial charge is 0.469 e. The molecule has 11 amide bonds. The molecule has 11 atom stereocenters. The van der Waals surface area contributed by atoms with E-state index in [1.54, 1.807) is 80.8 Å². The number of nitrogens with two attached hydrogens (primary N) is 1. The summed E-state index contributed by atoms with van der Waals surface area (Å²) in [5, 5.41) is 17.0. The summed E-state index contributed by atoms with van der Waals surface area (Å²) in [5.41, 5.74) is 6.44. The summed E-state index contributed by atoms with van der Waals surface area (Å²) >= 11 is 0. The van der Waals surface area contributed by atoms with Crippen molar-refractivity contribution < 1.29 is 67.0 Å². The molecule has 548 valence electrons. The minimum atomic E-state index is -1.08. The van der Waals surface area contributed by atoms with Gasteiger partial charge in [-0.1, -0.05) is 111 Å². The van der Waals surface area contributed by atoms with Gasteiger partial charge in [0.2, 0.25) is 53.2 Å². The molecule has 0 radical (unpaired) electrons. The van der Waals surface area contributed by atoms with Crippen molar-refractivity contribution in [3.63, 3.8) is 0 Å². The van der Waals surface area contributed by atoms with E-state index in [9.17, 15) is 52.7 Å². The van der Waals surface area contributed by atoms with Crippen molar-refractivity contribution >= 4 is 70.9 Å². The summed E-state index contributed by atoms with van der Waals surface area (Å²) in [5.74, 6) is -5.45. The predicted molar refractivity (Wildman–Crippen MR) is 374 cm³/mol. The van der Waals surface area contributed by atoms with Crippen LogP contribution in [0.15, 0.2) is 54.6 Å². The Bertz CT molecular complexity index is 2950. The zero-order valence-corrected chi connectivity index (χ0v) is 61.3. The van der Waals surface area contributed by atoms with E-state index >= 15 is 0 Å². The van der Waals surface area contributed by atoms with Crippen LogP contribution in [0.1, 0.15) is 151 Å². The highest BCUT2D eigenvalue weighted by atomic mass is 16.5.